The fourth-order valence-corrected chi connectivity index (χ4v) is 3.30. The van der Waals surface area contributed by atoms with Gasteiger partial charge in [-0.3, -0.25) is 4.99 Å². The van der Waals surface area contributed by atoms with Crippen LogP contribution in [0.3, 0.4) is 0 Å². The van der Waals surface area contributed by atoms with Crippen molar-refractivity contribution in [3.63, 3.8) is 0 Å². The van der Waals surface area contributed by atoms with Crippen LogP contribution in [-0.4, -0.2) is 62.2 Å². The topological polar surface area (TPSA) is 53.0 Å². The van der Waals surface area contributed by atoms with E-state index in [0.717, 1.165) is 51.1 Å². The van der Waals surface area contributed by atoms with Crippen LogP contribution >= 0.6 is 24.0 Å². The number of aromatic nitrogens is 1. The smallest absolute Gasteiger partial charge is 0.193 e. The van der Waals surface area contributed by atoms with Gasteiger partial charge in [-0.2, -0.15) is 0 Å². The molecule has 0 radical (unpaired) electrons. The fraction of sp³-hybridized carbons (Fsp3) is 0.455. The lowest BCUT2D eigenvalue weighted by atomic mass is 10.2. The quantitative estimate of drug-likeness (QED) is 0.353. The molecule has 7 heteroatoms. The number of hydrogen-bond donors (Lipinski definition) is 1. The number of halogens is 1. The number of rotatable bonds is 7. The first-order chi connectivity index (χ1) is 13.8. The number of ether oxygens (including phenoxy) is 1. The lowest BCUT2D eigenvalue weighted by Gasteiger charge is -2.37. The van der Waals surface area contributed by atoms with Gasteiger partial charge in [0.05, 0.1) is 13.2 Å². The third-order valence-electron chi connectivity index (χ3n) is 4.89. The third-order valence-corrected chi connectivity index (χ3v) is 4.89. The summed E-state index contributed by atoms with van der Waals surface area (Å²) in [5.74, 6) is 2.43. The van der Waals surface area contributed by atoms with Gasteiger partial charge >= 0.3 is 0 Å². The molecule has 0 aliphatic carbocycles. The van der Waals surface area contributed by atoms with Gasteiger partial charge in [0.25, 0.3) is 0 Å². The second-order valence-corrected chi connectivity index (χ2v) is 7.20. The molecule has 2 heterocycles. The number of anilines is 1. The van der Waals surface area contributed by atoms with E-state index in [0.29, 0.717) is 12.5 Å². The normalized spacial score (nSPS) is 15.6. The largest absolute Gasteiger partial charge is 0.376 e. The molecule has 1 aliphatic heterocycles. The maximum absolute atomic E-state index is 5.85. The molecule has 158 valence electrons. The number of aliphatic imine (C=N–C) groups is 1. The van der Waals surface area contributed by atoms with Crippen LogP contribution in [0, 0.1) is 5.92 Å². The zero-order valence-corrected chi connectivity index (χ0v) is 19.7. The molecule has 0 bridgehead atoms. The average molecular weight is 509 g/mol. The van der Waals surface area contributed by atoms with Gasteiger partial charge in [-0.1, -0.05) is 43.3 Å². The highest BCUT2D eigenvalue weighted by atomic mass is 127. The Morgan fingerprint density at radius 1 is 1.10 bits per heavy atom. The molecule has 1 fully saturated rings. The summed E-state index contributed by atoms with van der Waals surface area (Å²) in [7, 11) is 1.85. The molecule has 0 saturated carbocycles. The van der Waals surface area contributed by atoms with Crippen LogP contribution in [-0.2, 0) is 11.3 Å². The Labute approximate surface area is 191 Å². The van der Waals surface area contributed by atoms with E-state index < -0.39 is 0 Å². The van der Waals surface area contributed by atoms with Gasteiger partial charge in [0.2, 0.25) is 0 Å². The summed E-state index contributed by atoms with van der Waals surface area (Å²) in [5, 5.41) is 3.50. The summed E-state index contributed by atoms with van der Waals surface area (Å²) in [6.45, 7) is 8.22. The maximum atomic E-state index is 5.85. The number of pyridine rings is 1. The molecule has 1 unspecified atom stereocenters. The van der Waals surface area contributed by atoms with Crippen molar-refractivity contribution in [2.24, 2.45) is 10.9 Å². The molecular formula is C22H32IN5O. The highest BCUT2D eigenvalue weighted by molar-refractivity contribution is 14.0. The number of hydrogen-bond acceptors (Lipinski definition) is 4. The zero-order chi connectivity index (χ0) is 19.6. The molecule has 1 aromatic carbocycles. The van der Waals surface area contributed by atoms with Gasteiger partial charge < -0.3 is 19.9 Å². The predicted molar refractivity (Wildman–Crippen MR) is 130 cm³/mol. The molecule has 1 atom stereocenters. The van der Waals surface area contributed by atoms with Crippen LogP contribution in [0.1, 0.15) is 12.5 Å². The highest BCUT2D eigenvalue weighted by Gasteiger charge is 2.20. The summed E-state index contributed by atoms with van der Waals surface area (Å²) in [6, 6.07) is 16.4. The molecule has 1 N–H and O–H groups in total. The third kappa shape index (κ3) is 7.47. The fourth-order valence-electron chi connectivity index (χ4n) is 3.30. The van der Waals surface area contributed by atoms with Gasteiger partial charge in [0, 0.05) is 46.0 Å². The van der Waals surface area contributed by atoms with Crippen molar-refractivity contribution >= 4 is 35.8 Å². The van der Waals surface area contributed by atoms with Gasteiger partial charge in [0.15, 0.2) is 5.96 Å². The second-order valence-electron chi connectivity index (χ2n) is 7.20. The molecular weight excluding hydrogens is 477 g/mol. The Morgan fingerprint density at radius 3 is 2.48 bits per heavy atom. The Morgan fingerprint density at radius 2 is 1.83 bits per heavy atom. The van der Waals surface area contributed by atoms with E-state index in [1.165, 1.54) is 5.56 Å². The minimum absolute atomic E-state index is 0. The van der Waals surface area contributed by atoms with E-state index in [1.807, 2.05) is 43.6 Å². The Kier molecular flexibility index (Phi) is 10.2. The molecule has 0 spiro atoms. The van der Waals surface area contributed by atoms with Crippen LogP contribution in [0.2, 0.25) is 0 Å². The van der Waals surface area contributed by atoms with E-state index in [2.05, 4.69) is 50.2 Å². The van der Waals surface area contributed by atoms with Crippen molar-refractivity contribution in [3.05, 3.63) is 60.3 Å². The Balaban J connectivity index is 0.00000300. The Hall–Kier alpha value is -1.87. The van der Waals surface area contributed by atoms with Crippen LogP contribution in [0.5, 0.6) is 0 Å². The number of nitrogens with one attached hydrogen (secondary N) is 1. The molecule has 6 nitrogen and oxygen atoms in total. The lowest BCUT2D eigenvalue weighted by Crippen LogP contribution is -2.53. The molecule has 29 heavy (non-hydrogen) atoms. The first-order valence-corrected chi connectivity index (χ1v) is 9.99. The first-order valence-electron chi connectivity index (χ1n) is 9.99. The monoisotopic (exact) mass is 509 g/mol. The van der Waals surface area contributed by atoms with Crippen LogP contribution in [0.15, 0.2) is 59.7 Å². The van der Waals surface area contributed by atoms with Crippen molar-refractivity contribution in [2.45, 2.75) is 13.5 Å². The van der Waals surface area contributed by atoms with Gasteiger partial charge in [0.1, 0.15) is 5.82 Å². The molecule has 1 aliphatic rings. The summed E-state index contributed by atoms with van der Waals surface area (Å²) in [4.78, 5) is 13.6. The zero-order valence-electron chi connectivity index (χ0n) is 17.3. The van der Waals surface area contributed by atoms with E-state index in [-0.39, 0.29) is 24.0 Å². The minimum atomic E-state index is 0. The van der Waals surface area contributed by atoms with Gasteiger partial charge in [-0.25, -0.2) is 4.98 Å². The van der Waals surface area contributed by atoms with E-state index in [4.69, 9.17) is 4.74 Å². The first kappa shape index (κ1) is 23.4. The standard InChI is InChI=1S/C22H31N5O.HI/c1-19(17-28-18-20-8-4-3-5-9-20)16-25-22(23-2)27-14-12-26(13-15-27)21-10-6-7-11-24-21;/h3-11,19H,12-18H2,1-2H3,(H,23,25);1H. The van der Waals surface area contributed by atoms with E-state index >= 15 is 0 Å². The van der Waals surface area contributed by atoms with Gasteiger partial charge in [-0.15, -0.1) is 24.0 Å². The SMILES string of the molecule is CN=C(NCC(C)COCc1ccccc1)N1CCN(c2ccccn2)CC1.I. The summed E-state index contributed by atoms with van der Waals surface area (Å²) >= 11 is 0. The summed E-state index contributed by atoms with van der Waals surface area (Å²) < 4.78 is 5.85. The minimum Gasteiger partial charge on any atom is -0.376 e. The van der Waals surface area contributed by atoms with E-state index in [1.54, 1.807) is 0 Å². The Bertz CT molecular complexity index is 720. The summed E-state index contributed by atoms with van der Waals surface area (Å²) in [6.07, 6.45) is 1.85. The lowest BCUT2D eigenvalue weighted by molar-refractivity contribution is 0.0929. The number of piperazine rings is 1. The number of nitrogens with zero attached hydrogens (tertiary/aromatic N) is 4. The number of benzene rings is 1. The number of guanidine groups is 1. The van der Waals surface area contributed by atoms with Crippen molar-refractivity contribution in [1.82, 2.24) is 15.2 Å². The van der Waals surface area contributed by atoms with Gasteiger partial charge in [-0.05, 0) is 23.6 Å². The predicted octanol–water partition coefficient (Wildman–Crippen LogP) is 3.25. The van der Waals surface area contributed by atoms with Crippen LogP contribution < -0.4 is 10.2 Å². The summed E-state index contributed by atoms with van der Waals surface area (Å²) in [5.41, 5.74) is 1.21. The van der Waals surface area contributed by atoms with Crippen molar-refractivity contribution < 1.29 is 4.74 Å². The van der Waals surface area contributed by atoms with E-state index in [9.17, 15) is 0 Å². The second kappa shape index (κ2) is 12.6. The van der Waals surface area contributed by atoms with Crippen molar-refractivity contribution in [1.29, 1.82) is 0 Å². The molecule has 0 amide bonds. The van der Waals surface area contributed by atoms with Crippen molar-refractivity contribution in [2.75, 3.05) is 51.3 Å². The van der Waals surface area contributed by atoms with Crippen molar-refractivity contribution in [3.8, 4) is 0 Å². The highest BCUT2D eigenvalue weighted by Crippen LogP contribution is 2.12. The maximum Gasteiger partial charge on any atom is 0.193 e. The molecule has 1 saturated heterocycles. The molecule has 1 aromatic heterocycles. The molecule has 2 aromatic rings. The molecule has 3 rings (SSSR count). The van der Waals surface area contributed by atoms with Crippen LogP contribution in [0.4, 0.5) is 5.82 Å². The average Bonchev–Trinajstić information content (AvgIpc) is 2.76. The van der Waals surface area contributed by atoms with Crippen LogP contribution in [0.25, 0.3) is 0 Å².